The first-order valence-corrected chi connectivity index (χ1v) is 6.63. The van der Waals surface area contributed by atoms with Crippen molar-refractivity contribution in [3.63, 3.8) is 0 Å². The van der Waals surface area contributed by atoms with Crippen molar-refractivity contribution in [2.24, 2.45) is 0 Å². The van der Waals surface area contributed by atoms with E-state index in [1.807, 2.05) is 0 Å². The fourth-order valence-electron chi connectivity index (χ4n) is 1.99. The lowest BCUT2D eigenvalue weighted by Gasteiger charge is -2.27. The van der Waals surface area contributed by atoms with E-state index in [4.69, 9.17) is 4.74 Å². The van der Waals surface area contributed by atoms with E-state index in [-0.39, 0.29) is 5.60 Å². The summed E-state index contributed by atoms with van der Waals surface area (Å²) in [6, 6.07) is 0. The third kappa shape index (κ3) is 2.68. The summed E-state index contributed by atoms with van der Waals surface area (Å²) in [6.07, 6.45) is 4.79. The van der Waals surface area contributed by atoms with Gasteiger partial charge < -0.3 is 10.1 Å². The van der Waals surface area contributed by atoms with Crippen LogP contribution in [0.15, 0.2) is 3.92 Å². The SMILES string of the molecule is COC1(CNc2nnc(Br)s2)CCCC1. The van der Waals surface area contributed by atoms with Gasteiger partial charge in [-0.2, -0.15) is 0 Å². The Morgan fingerprint density at radius 2 is 2.20 bits per heavy atom. The normalized spacial score (nSPS) is 19.3. The molecule has 1 N–H and O–H groups in total. The predicted molar refractivity (Wildman–Crippen MR) is 64.3 cm³/mol. The second kappa shape index (κ2) is 4.76. The molecule has 1 aromatic rings. The summed E-state index contributed by atoms with van der Waals surface area (Å²) in [7, 11) is 1.79. The Bertz CT molecular complexity index is 325. The van der Waals surface area contributed by atoms with Crippen molar-refractivity contribution in [3.05, 3.63) is 3.92 Å². The van der Waals surface area contributed by atoms with Crippen molar-refractivity contribution in [1.29, 1.82) is 0 Å². The highest BCUT2D eigenvalue weighted by Gasteiger charge is 2.33. The van der Waals surface area contributed by atoms with Gasteiger partial charge in [0, 0.05) is 13.7 Å². The minimum Gasteiger partial charge on any atom is -0.376 e. The van der Waals surface area contributed by atoms with Gasteiger partial charge in [0.15, 0.2) is 3.92 Å². The number of nitrogens with zero attached hydrogens (tertiary/aromatic N) is 2. The van der Waals surface area contributed by atoms with Crippen LogP contribution < -0.4 is 5.32 Å². The number of hydrogen-bond donors (Lipinski definition) is 1. The molecule has 0 atom stereocenters. The topological polar surface area (TPSA) is 47.0 Å². The third-order valence-electron chi connectivity index (χ3n) is 2.91. The highest BCUT2D eigenvalue weighted by atomic mass is 79.9. The van der Waals surface area contributed by atoms with E-state index in [2.05, 4.69) is 31.4 Å². The molecule has 4 nitrogen and oxygen atoms in total. The molecule has 0 unspecified atom stereocenters. The fourth-order valence-corrected chi connectivity index (χ4v) is 2.99. The quantitative estimate of drug-likeness (QED) is 0.927. The van der Waals surface area contributed by atoms with Crippen LogP contribution in [0.3, 0.4) is 0 Å². The molecule has 1 aliphatic carbocycles. The highest BCUT2D eigenvalue weighted by Crippen LogP contribution is 2.33. The van der Waals surface area contributed by atoms with Crippen LogP contribution in [0.5, 0.6) is 0 Å². The second-order valence-corrected chi connectivity index (χ2v) is 6.06. The van der Waals surface area contributed by atoms with Crippen molar-refractivity contribution in [2.45, 2.75) is 31.3 Å². The maximum atomic E-state index is 5.61. The number of aromatic nitrogens is 2. The van der Waals surface area contributed by atoms with Gasteiger partial charge in [-0.3, -0.25) is 0 Å². The van der Waals surface area contributed by atoms with Gasteiger partial charge in [0.05, 0.1) is 5.60 Å². The zero-order chi connectivity index (χ0) is 10.7. The van der Waals surface area contributed by atoms with Crippen LogP contribution in [0.25, 0.3) is 0 Å². The molecule has 1 aromatic heterocycles. The zero-order valence-electron chi connectivity index (χ0n) is 8.62. The molecule has 0 radical (unpaired) electrons. The van der Waals surface area contributed by atoms with Crippen molar-refractivity contribution < 1.29 is 4.74 Å². The van der Waals surface area contributed by atoms with Gasteiger partial charge in [0.25, 0.3) is 0 Å². The Balaban J connectivity index is 1.91. The Morgan fingerprint density at radius 3 is 2.73 bits per heavy atom. The van der Waals surface area contributed by atoms with Gasteiger partial charge in [-0.05, 0) is 28.8 Å². The summed E-state index contributed by atoms with van der Waals surface area (Å²) in [5.74, 6) is 0. The number of rotatable bonds is 4. The standard InChI is InChI=1S/C9H14BrN3OS/c1-14-9(4-2-3-5-9)6-11-8-13-12-7(10)15-8/h2-6H2,1H3,(H,11,13). The maximum Gasteiger partial charge on any atom is 0.206 e. The lowest BCUT2D eigenvalue weighted by molar-refractivity contribution is 0.00741. The summed E-state index contributed by atoms with van der Waals surface area (Å²) in [5, 5.41) is 12.0. The minimum absolute atomic E-state index is 0.0120. The average Bonchev–Trinajstić information content (AvgIpc) is 2.85. The van der Waals surface area contributed by atoms with Crippen LogP contribution in [0.1, 0.15) is 25.7 Å². The fraction of sp³-hybridized carbons (Fsp3) is 0.778. The van der Waals surface area contributed by atoms with Gasteiger partial charge in [0.1, 0.15) is 0 Å². The van der Waals surface area contributed by atoms with Gasteiger partial charge >= 0.3 is 0 Å². The molecule has 84 valence electrons. The van der Waals surface area contributed by atoms with Crippen LogP contribution in [-0.2, 0) is 4.74 Å². The number of methoxy groups -OCH3 is 1. The molecule has 2 rings (SSSR count). The van der Waals surface area contributed by atoms with E-state index in [1.54, 1.807) is 7.11 Å². The van der Waals surface area contributed by atoms with E-state index in [9.17, 15) is 0 Å². The van der Waals surface area contributed by atoms with Gasteiger partial charge in [-0.25, -0.2) is 0 Å². The Kier molecular flexibility index (Phi) is 3.58. The first-order chi connectivity index (χ1) is 7.24. The van der Waals surface area contributed by atoms with E-state index in [1.165, 1.54) is 24.2 Å². The Hall–Kier alpha value is -0.200. The van der Waals surface area contributed by atoms with Crippen molar-refractivity contribution in [1.82, 2.24) is 10.2 Å². The largest absolute Gasteiger partial charge is 0.376 e. The van der Waals surface area contributed by atoms with Gasteiger partial charge in [-0.15, -0.1) is 10.2 Å². The van der Waals surface area contributed by atoms with E-state index >= 15 is 0 Å². The monoisotopic (exact) mass is 291 g/mol. The maximum absolute atomic E-state index is 5.61. The first-order valence-electron chi connectivity index (χ1n) is 5.02. The number of anilines is 1. The summed E-state index contributed by atoms with van der Waals surface area (Å²) >= 11 is 4.80. The van der Waals surface area contributed by atoms with Crippen molar-refractivity contribution >= 4 is 32.4 Å². The molecule has 0 aromatic carbocycles. The summed E-state index contributed by atoms with van der Waals surface area (Å²) in [5.41, 5.74) is 0.0120. The van der Waals surface area contributed by atoms with Crippen LogP contribution in [0.2, 0.25) is 0 Å². The highest BCUT2D eigenvalue weighted by molar-refractivity contribution is 9.11. The molecular formula is C9H14BrN3OS. The molecule has 0 amide bonds. The van der Waals surface area contributed by atoms with E-state index < -0.39 is 0 Å². The van der Waals surface area contributed by atoms with Crippen LogP contribution >= 0.6 is 27.3 Å². The van der Waals surface area contributed by atoms with Crippen LogP contribution in [0, 0.1) is 0 Å². The van der Waals surface area contributed by atoms with E-state index in [0.29, 0.717) is 0 Å². The van der Waals surface area contributed by atoms with E-state index in [0.717, 1.165) is 28.4 Å². The van der Waals surface area contributed by atoms with Crippen LogP contribution in [-0.4, -0.2) is 29.5 Å². The molecule has 0 spiro atoms. The molecular weight excluding hydrogens is 278 g/mol. The third-order valence-corrected chi connectivity index (χ3v) is 4.22. The Labute approximate surface area is 102 Å². The van der Waals surface area contributed by atoms with Crippen molar-refractivity contribution in [2.75, 3.05) is 19.0 Å². The number of halogens is 1. The van der Waals surface area contributed by atoms with Gasteiger partial charge in [0.2, 0.25) is 5.13 Å². The molecule has 1 aliphatic rings. The van der Waals surface area contributed by atoms with Crippen molar-refractivity contribution in [3.8, 4) is 0 Å². The summed E-state index contributed by atoms with van der Waals surface area (Å²) in [4.78, 5) is 0. The number of ether oxygens (including phenoxy) is 1. The van der Waals surface area contributed by atoms with Gasteiger partial charge in [-0.1, -0.05) is 24.2 Å². The number of hydrogen-bond acceptors (Lipinski definition) is 5. The second-order valence-electron chi connectivity index (χ2n) is 3.81. The number of nitrogens with one attached hydrogen (secondary N) is 1. The smallest absolute Gasteiger partial charge is 0.206 e. The first kappa shape index (κ1) is 11.3. The molecule has 6 heteroatoms. The predicted octanol–water partition coefficient (Wildman–Crippen LogP) is 2.67. The minimum atomic E-state index is 0.0120. The Morgan fingerprint density at radius 1 is 1.47 bits per heavy atom. The molecule has 15 heavy (non-hydrogen) atoms. The lowest BCUT2D eigenvalue weighted by Crippen LogP contribution is -2.35. The summed E-state index contributed by atoms with van der Waals surface area (Å²) < 4.78 is 6.42. The zero-order valence-corrected chi connectivity index (χ0v) is 11.0. The van der Waals surface area contributed by atoms with Crippen LogP contribution in [0.4, 0.5) is 5.13 Å². The summed E-state index contributed by atoms with van der Waals surface area (Å²) in [6.45, 7) is 0.825. The molecule has 0 saturated heterocycles. The molecule has 1 heterocycles. The molecule has 0 bridgehead atoms. The molecule has 1 saturated carbocycles. The lowest BCUT2D eigenvalue weighted by atomic mass is 10.0. The molecule has 1 fully saturated rings. The molecule has 0 aliphatic heterocycles. The average molecular weight is 292 g/mol.